The number of rotatable bonds is 8. The first-order valence-corrected chi connectivity index (χ1v) is 10.4. The number of ether oxygens (including phenoxy) is 2. The molecule has 1 aromatic carbocycles. The lowest BCUT2D eigenvalue weighted by Crippen LogP contribution is -2.47. The van der Waals surface area contributed by atoms with Gasteiger partial charge in [0.1, 0.15) is 0 Å². The zero-order chi connectivity index (χ0) is 22.3. The molecule has 1 fully saturated rings. The van der Waals surface area contributed by atoms with Crippen LogP contribution in [0.1, 0.15) is 12.0 Å². The molecule has 32 heavy (non-hydrogen) atoms. The number of anilines is 1. The third-order valence-electron chi connectivity index (χ3n) is 5.29. The molecule has 0 unspecified atom stereocenters. The average Bonchev–Trinajstić information content (AvgIpc) is 3.28. The average molecular weight is 440 g/mol. The van der Waals surface area contributed by atoms with Crippen LogP contribution in [0.3, 0.4) is 0 Å². The van der Waals surface area contributed by atoms with Gasteiger partial charge >= 0.3 is 0 Å². The molecule has 4 rings (SSSR count). The van der Waals surface area contributed by atoms with Gasteiger partial charge in [-0.05, 0) is 31.2 Å². The predicted molar refractivity (Wildman–Crippen MR) is 117 cm³/mol. The van der Waals surface area contributed by atoms with E-state index in [1.165, 1.54) is 24.3 Å². The van der Waals surface area contributed by atoms with Crippen LogP contribution in [0.15, 0.2) is 36.7 Å². The standard InChI is InChI=1S/C21H24N6O5/c28-20(4-3-16-13-18-19(32-15-31-18)14-17(16)27(29)30)22-7-2-8-25-9-11-26(12-10-25)21-23-5-1-6-24-21/h1,3-6,13-14H,2,7-12,15H2,(H,22,28). The van der Waals surface area contributed by atoms with Gasteiger partial charge in [-0.3, -0.25) is 19.8 Å². The number of carbonyl (C=O) groups is 1. The summed E-state index contributed by atoms with van der Waals surface area (Å²) in [6.45, 7) is 4.99. The summed E-state index contributed by atoms with van der Waals surface area (Å²) in [4.78, 5) is 36.0. The van der Waals surface area contributed by atoms with E-state index in [4.69, 9.17) is 9.47 Å². The lowest BCUT2D eigenvalue weighted by Gasteiger charge is -2.34. The van der Waals surface area contributed by atoms with E-state index in [1.807, 2.05) is 0 Å². The van der Waals surface area contributed by atoms with Crippen LogP contribution in [0.2, 0.25) is 0 Å². The summed E-state index contributed by atoms with van der Waals surface area (Å²) in [6, 6.07) is 4.62. The monoisotopic (exact) mass is 440 g/mol. The van der Waals surface area contributed by atoms with Gasteiger partial charge in [-0.2, -0.15) is 0 Å². The second-order valence-electron chi connectivity index (χ2n) is 7.38. The number of hydrogen-bond donors (Lipinski definition) is 1. The third kappa shape index (κ3) is 5.30. The SMILES string of the molecule is O=C(C=Cc1cc2c(cc1[N+](=O)[O-])OCO2)NCCCN1CCN(c2ncccn2)CC1. The Morgan fingerprint density at radius 2 is 1.88 bits per heavy atom. The maximum Gasteiger partial charge on any atom is 0.280 e. The number of piperazine rings is 1. The molecule has 0 radical (unpaired) electrons. The normalized spacial score (nSPS) is 15.8. The van der Waals surface area contributed by atoms with Gasteiger partial charge in [0.25, 0.3) is 5.69 Å². The summed E-state index contributed by atoms with van der Waals surface area (Å²) < 4.78 is 10.4. The smallest absolute Gasteiger partial charge is 0.280 e. The molecular formula is C21H24N6O5. The number of nitrogens with zero attached hydrogens (tertiary/aromatic N) is 5. The lowest BCUT2D eigenvalue weighted by atomic mass is 10.1. The second-order valence-corrected chi connectivity index (χ2v) is 7.38. The number of aromatic nitrogens is 2. The molecule has 1 amide bonds. The van der Waals surface area contributed by atoms with E-state index in [1.54, 1.807) is 18.5 Å². The first-order chi connectivity index (χ1) is 15.6. The van der Waals surface area contributed by atoms with Gasteiger partial charge in [0, 0.05) is 51.2 Å². The van der Waals surface area contributed by atoms with Crippen molar-refractivity contribution >= 4 is 23.6 Å². The molecule has 0 atom stereocenters. The lowest BCUT2D eigenvalue weighted by molar-refractivity contribution is -0.385. The van der Waals surface area contributed by atoms with Crippen LogP contribution in [0.4, 0.5) is 11.6 Å². The predicted octanol–water partition coefficient (Wildman–Crippen LogP) is 1.46. The minimum absolute atomic E-state index is 0.0230. The van der Waals surface area contributed by atoms with Gasteiger partial charge < -0.3 is 19.7 Å². The maximum atomic E-state index is 12.1. The molecule has 0 saturated carbocycles. The van der Waals surface area contributed by atoms with Crippen molar-refractivity contribution in [1.82, 2.24) is 20.2 Å². The molecule has 0 aliphatic carbocycles. The number of fused-ring (bicyclic) bond motifs is 1. The van der Waals surface area contributed by atoms with E-state index >= 15 is 0 Å². The number of carbonyl (C=O) groups excluding carboxylic acids is 1. The molecule has 11 heteroatoms. The van der Waals surface area contributed by atoms with Gasteiger partial charge in [0.2, 0.25) is 18.6 Å². The van der Waals surface area contributed by atoms with Crippen molar-refractivity contribution in [2.75, 3.05) is 51.0 Å². The molecule has 2 aliphatic heterocycles. The summed E-state index contributed by atoms with van der Waals surface area (Å²) in [6.07, 6.45) is 7.02. The molecule has 1 aromatic heterocycles. The Hall–Kier alpha value is -3.73. The van der Waals surface area contributed by atoms with Crippen molar-refractivity contribution in [2.24, 2.45) is 0 Å². The van der Waals surface area contributed by atoms with Crippen LogP contribution in [-0.4, -0.2) is 71.8 Å². The van der Waals surface area contributed by atoms with Crippen molar-refractivity contribution in [3.63, 3.8) is 0 Å². The number of hydrogen-bond acceptors (Lipinski definition) is 9. The number of nitro groups is 1. The molecule has 11 nitrogen and oxygen atoms in total. The molecule has 2 aromatic rings. The molecule has 1 saturated heterocycles. The van der Waals surface area contributed by atoms with Crippen LogP contribution < -0.4 is 19.7 Å². The fraction of sp³-hybridized carbons (Fsp3) is 0.381. The third-order valence-corrected chi connectivity index (χ3v) is 5.29. The van der Waals surface area contributed by atoms with Crippen LogP contribution in [-0.2, 0) is 4.79 Å². The van der Waals surface area contributed by atoms with E-state index in [-0.39, 0.29) is 24.0 Å². The number of nitrogens with one attached hydrogen (secondary N) is 1. The Labute approximate surface area is 184 Å². The molecule has 0 spiro atoms. The van der Waals surface area contributed by atoms with E-state index in [0.717, 1.165) is 45.1 Å². The van der Waals surface area contributed by atoms with E-state index < -0.39 is 4.92 Å². The van der Waals surface area contributed by atoms with Gasteiger partial charge in [0.15, 0.2) is 11.5 Å². The fourth-order valence-electron chi connectivity index (χ4n) is 3.60. The summed E-state index contributed by atoms with van der Waals surface area (Å²) in [5, 5.41) is 14.1. The topological polar surface area (TPSA) is 123 Å². The molecule has 0 bridgehead atoms. The molecule has 1 N–H and O–H groups in total. The second kappa shape index (κ2) is 10.1. The van der Waals surface area contributed by atoms with Crippen molar-refractivity contribution in [2.45, 2.75) is 6.42 Å². The van der Waals surface area contributed by atoms with Crippen molar-refractivity contribution in [3.05, 3.63) is 52.3 Å². The molecule has 168 valence electrons. The number of benzene rings is 1. The molecule has 2 aliphatic rings. The summed E-state index contributed by atoms with van der Waals surface area (Å²) in [7, 11) is 0. The highest BCUT2D eigenvalue weighted by Crippen LogP contribution is 2.38. The van der Waals surface area contributed by atoms with Crippen molar-refractivity contribution < 1.29 is 19.2 Å². The highest BCUT2D eigenvalue weighted by Gasteiger charge is 2.22. The Morgan fingerprint density at radius 1 is 1.16 bits per heavy atom. The number of amides is 1. The van der Waals surface area contributed by atoms with Crippen LogP contribution in [0, 0.1) is 10.1 Å². The molecular weight excluding hydrogens is 416 g/mol. The first-order valence-electron chi connectivity index (χ1n) is 10.4. The minimum Gasteiger partial charge on any atom is -0.454 e. The summed E-state index contributed by atoms with van der Waals surface area (Å²) >= 11 is 0. The van der Waals surface area contributed by atoms with Gasteiger partial charge in [-0.25, -0.2) is 9.97 Å². The van der Waals surface area contributed by atoms with Gasteiger partial charge in [-0.1, -0.05) is 0 Å². The number of nitro benzene ring substituents is 1. The first kappa shape index (κ1) is 21.5. The Morgan fingerprint density at radius 3 is 2.59 bits per heavy atom. The van der Waals surface area contributed by atoms with E-state index in [9.17, 15) is 14.9 Å². The van der Waals surface area contributed by atoms with Crippen molar-refractivity contribution in [3.8, 4) is 11.5 Å². The van der Waals surface area contributed by atoms with Gasteiger partial charge in [-0.15, -0.1) is 0 Å². The van der Waals surface area contributed by atoms with Gasteiger partial charge in [0.05, 0.1) is 16.6 Å². The zero-order valence-electron chi connectivity index (χ0n) is 17.5. The summed E-state index contributed by atoms with van der Waals surface area (Å²) in [5.74, 6) is 1.21. The largest absolute Gasteiger partial charge is 0.454 e. The Kier molecular flexibility index (Phi) is 6.75. The highest BCUT2D eigenvalue weighted by atomic mass is 16.7. The van der Waals surface area contributed by atoms with E-state index in [0.29, 0.717) is 18.0 Å². The summed E-state index contributed by atoms with van der Waals surface area (Å²) in [5.41, 5.74) is 0.146. The van der Waals surface area contributed by atoms with E-state index in [2.05, 4.69) is 25.1 Å². The highest BCUT2D eigenvalue weighted by molar-refractivity contribution is 5.92. The van der Waals surface area contributed by atoms with Crippen molar-refractivity contribution in [1.29, 1.82) is 0 Å². The fourth-order valence-corrected chi connectivity index (χ4v) is 3.60. The van der Waals surface area contributed by atoms with Crippen LogP contribution in [0.5, 0.6) is 11.5 Å². The Balaban J connectivity index is 1.19. The zero-order valence-corrected chi connectivity index (χ0v) is 17.5. The van der Waals surface area contributed by atoms with Crippen LogP contribution >= 0.6 is 0 Å². The van der Waals surface area contributed by atoms with Crippen LogP contribution in [0.25, 0.3) is 6.08 Å². The maximum absolute atomic E-state index is 12.1. The quantitative estimate of drug-likeness (QED) is 0.281. The molecule has 3 heterocycles. The Bertz CT molecular complexity index is 992. The minimum atomic E-state index is -0.511.